The van der Waals surface area contributed by atoms with Crippen LogP contribution in [0.2, 0.25) is 5.02 Å². The van der Waals surface area contributed by atoms with E-state index in [9.17, 15) is 0 Å². The molecule has 0 aliphatic heterocycles. The van der Waals surface area contributed by atoms with Crippen LogP contribution in [0.4, 0.5) is 0 Å². The maximum Gasteiger partial charge on any atom is 0.187 e. The number of hydrogen-bond acceptors (Lipinski definition) is 4. The van der Waals surface area contributed by atoms with Crippen molar-refractivity contribution in [3.8, 4) is 0 Å². The van der Waals surface area contributed by atoms with E-state index < -0.39 is 0 Å². The highest BCUT2D eigenvalue weighted by Gasteiger charge is 2.02. The number of rotatable bonds is 2. The third-order valence-corrected chi connectivity index (χ3v) is 2.00. The molecule has 0 spiro atoms. The molecule has 0 saturated carbocycles. The van der Waals surface area contributed by atoms with Gasteiger partial charge in [-0.25, -0.2) is 9.97 Å². The van der Waals surface area contributed by atoms with Gasteiger partial charge in [0.2, 0.25) is 0 Å². The Hall–Kier alpha value is -0.320. The Morgan fingerprint density at radius 1 is 1.73 bits per heavy atom. The molecule has 1 heterocycles. The van der Waals surface area contributed by atoms with Crippen molar-refractivity contribution in [3.05, 3.63) is 16.9 Å². The lowest BCUT2D eigenvalue weighted by Crippen LogP contribution is -1.94. The van der Waals surface area contributed by atoms with Gasteiger partial charge in [-0.3, -0.25) is 0 Å². The lowest BCUT2D eigenvalue weighted by atomic mass is 10.4. The zero-order valence-electron chi connectivity index (χ0n) is 5.91. The fourth-order valence-corrected chi connectivity index (χ4v) is 1.10. The van der Waals surface area contributed by atoms with Gasteiger partial charge in [0, 0.05) is 0 Å². The van der Waals surface area contributed by atoms with E-state index in [1.807, 2.05) is 6.26 Å². The van der Waals surface area contributed by atoms with E-state index in [4.69, 9.17) is 16.7 Å². The Morgan fingerprint density at radius 2 is 2.45 bits per heavy atom. The quantitative estimate of drug-likeness (QED) is 0.565. The van der Waals surface area contributed by atoms with Crippen molar-refractivity contribution in [1.82, 2.24) is 9.97 Å². The van der Waals surface area contributed by atoms with Crippen LogP contribution in [0.1, 0.15) is 5.69 Å². The van der Waals surface area contributed by atoms with Gasteiger partial charge in [0.1, 0.15) is 0 Å². The van der Waals surface area contributed by atoms with E-state index in [1.165, 1.54) is 18.0 Å². The minimum absolute atomic E-state index is 0.144. The highest BCUT2D eigenvalue weighted by atomic mass is 35.5. The lowest BCUT2D eigenvalue weighted by molar-refractivity contribution is 0.275. The summed E-state index contributed by atoms with van der Waals surface area (Å²) in [5.41, 5.74) is 0.478. The SMILES string of the molecule is CSc1ncc(Cl)c(CO)n1. The molecule has 11 heavy (non-hydrogen) atoms. The molecule has 3 nitrogen and oxygen atoms in total. The third-order valence-electron chi connectivity index (χ3n) is 1.13. The molecule has 0 bridgehead atoms. The van der Waals surface area contributed by atoms with E-state index in [1.54, 1.807) is 0 Å². The fourth-order valence-electron chi connectivity index (χ4n) is 0.593. The van der Waals surface area contributed by atoms with Gasteiger partial charge in [0.25, 0.3) is 0 Å². The van der Waals surface area contributed by atoms with Crippen LogP contribution < -0.4 is 0 Å². The zero-order chi connectivity index (χ0) is 8.27. The Balaban J connectivity index is 3.02. The smallest absolute Gasteiger partial charge is 0.187 e. The topological polar surface area (TPSA) is 46.0 Å². The van der Waals surface area contributed by atoms with Crippen LogP contribution in [-0.4, -0.2) is 21.3 Å². The first kappa shape index (κ1) is 8.77. The molecule has 0 atom stereocenters. The van der Waals surface area contributed by atoms with Crippen LogP contribution in [-0.2, 0) is 6.61 Å². The first-order valence-corrected chi connectivity index (χ1v) is 4.54. The molecular weight excluding hydrogens is 184 g/mol. The molecule has 1 N–H and O–H groups in total. The third kappa shape index (κ3) is 2.05. The molecular formula is C6H7ClN2OS. The summed E-state index contributed by atoms with van der Waals surface area (Å²) in [5.74, 6) is 0. The molecule has 1 aromatic rings. The van der Waals surface area contributed by atoms with Gasteiger partial charge in [-0.1, -0.05) is 23.4 Å². The number of nitrogens with zero attached hydrogens (tertiary/aromatic N) is 2. The highest BCUT2D eigenvalue weighted by Crippen LogP contribution is 2.15. The van der Waals surface area contributed by atoms with Gasteiger partial charge in [-0.15, -0.1) is 0 Å². The summed E-state index contributed by atoms with van der Waals surface area (Å²) in [6, 6.07) is 0. The van der Waals surface area contributed by atoms with Gasteiger partial charge in [0.05, 0.1) is 23.5 Å². The molecule has 0 amide bonds. The second-order valence-corrected chi connectivity index (χ2v) is 2.99. The van der Waals surface area contributed by atoms with Crippen molar-refractivity contribution in [2.75, 3.05) is 6.26 Å². The molecule has 60 valence electrons. The van der Waals surface area contributed by atoms with Crippen molar-refractivity contribution >= 4 is 23.4 Å². The molecule has 1 aromatic heterocycles. The van der Waals surface area contributed by atoms with Crippen LogP contribution in [0.25, 0.3) is 0 Å². The summed E-state index contributed by atoms with van der Waals surface area (Å²) in [4.78, 5) is 7.89. The second-order valence-electron chi connectivity index (χ2n) is 1.81. The van der Waals surface area contributed by atoms with E-state index >= 15 is 0 Å². The minimum atomic E-state index is -0.144. The summed E-state index contributed by atoms with van der Waals surface area (Å²) in [5, 5.41) is 9.79. The van der Waals surface area contributed by atoms with Crippen LogP contribution in [0.15, 0.2) is 11.4 Å². The predicted molar refractivity (Wildman–Crippen MR) is 44.7 cm³/mol. The van der Waals surface area contributed by atoms with Crippen LogP contribution in [0, 0.1) is 0 Å². The highest BCUT2D eigenvalue weighted by molar-refractivity contribution is 7.98. The molecule has 0 aliphatic rings. The summed E-state index contributed by atoms with van der Waals surface area (Å²) in [7, 11) is 0. The fraction of sp³-hybridized carbons (Fsp3) is 0.333. The van der Waals surface area contributed by atoms with Crippen LogP contribution in [0.5, 0.6) is 0 Å². The summed E-state index contributed by atoms with van der Waals surface area (Å²) in [6.07, 6.45) is 3.36. The number of thioether (sulfide) groups is 1. The number of aliphatic hydroxyl groups excluding tert-OH is 1. The normalized spacial score (nSPS) is 10.1. The van der Waals surface area contributed by atoms with Gasteiger partial charge >= 0.3 is 0 Å². The Kier molecular flexibility index (Phi) is 3.11. The molecule has 0 fully saturated rings. The lowest BCUT2D eigenvalue weighted by Gasteiger charge is -1.99. The van der Waals surface area contributed by atoms with Crippen LogP contribution in [0.3, 0.4) is 0 Å². The first-order valence-electron chi connectivity index (χ1n) is 2.94. The van der Waals surface area contributed by atoms with Gasteiger partial charge in [-0.05, 0) is 6.26 Å². The molecule has 1 rings (SSSR count). The number of aliphatic hydroxyl groups is 1. The van der Waals surface area contributed by atoms with E-state index in [-0.39, 0.29) is 6.61 Å². The number of hydrogen-bond donors (Lipinski definition) is 1. The second kappa shape index (κ2) is 3.90. The summed E-state index contributed by atoms with van der Waals surface area (Å²) < 4.78 is 0. The predicted octanol–water partition coefficient (Wildman–Crippen LogP) is 1.34. The molecule has 5 heteroatoms. The van der Waals surface area contributed by atoms with Gasteiger partial charge < -0.3 is 5.11 Å². The maximum absolute atomic E-state index is 8.75. The molecule has 0 aromatic carbocycles. The molecule has 0 unspecified atom stereocenters. The minimum Gasteiger partial charge on any atom is -0.390 e. The van der Waals surface area contributed by atoms with Crippen molar-refractivity contribution in [3.63, 3.8) is 0 Å². The molecule has 0 radical (unpaired) electrons. The van der Waals surface area contributed by atoms with E-state index in [0.29, 0.717) is 15.9 Å². The standard InChI is InChI=1S/C6H7ClN2OS/c1-11-6-8-2-4(7)5(3-10)9-6/h2,10H,3H2,1H3. The monoisotopic (exact) mass is 190 g/mol. The first-order chi connectivity index (χ1) is 5.27. The van der Waals surface area contributed by atoms with Crippen molar-refractivity contribution in [1.29, 1.82) is 0 Å². The van der Waals surface area contributed by atoms with Gasteiger partial charge in [0.15, 0.2) is 5.16 Å². The summed E-state index contributed by atoms with van der Waals surface area (Å²) in [6.45, 7) is -0.144. The maximum atomic E-state index is 8.75. The average Bonchev–Trinajstić information content (AvgIpc) is 2.05. The van der Waals surface area contributed by atoms with E-state index in [0.717, 1.165) is 0 Å². The Labute approximate surface area is 73.8 Å². The van der Waals surface area contributed by atoms with Crippen molar-refractivity contribution < 1.29 is 5.11 Å². The van der Waals surface area contributed by atoms with Crippen molar-refractivity contribution in [2.24, 2.45) is 0 Å². The largest absolute Gasteiger partial charge is 0.390 e. The zero-order valence-corrected chi connectivity index (χ0v) is 7.48. The van der Waals surface area contributed by atoms with Crippen LogP contribution >= 0.6 is 23.4 Å². The number of aromatic nitrogens is 2. The Bertz CT molecular complexity index is 256. The molecule has 0 saturated heterocycles. The summed E-state index contributed by atoms with van der Waals surface area (Å²) >= 11 is 7.07. The van der Waals surface area contributed by atoms with E-state index in [2.05, 4.69) is 9.97 Å². The average molecular weight is 191 g/mol. The molecule has 0 aliphatic carbocycles. The van der Waals surface area contributed by atoms with Gasteiger partial charge in [-0.2, -0.15) is 0 Å². The Morgan fingerprint density at radius 3 is 3.00 bits per heavy atom. The number of halogens is 1. The van der Waals surface area contributed by atoms with Crippen molar-refractivity contribution in [2.45, 2.75) is 11.8 Å².